The van der Waals surface area contributed by atoms with Gasteiger partial charge in [0.1, 0.15) is 0 Å². The van der Waals surface area contributed by atoms with Crippen molar-refractivity contribution in [1.82, 2.24) is 15.6 Å². The quantitative estimate of drug-likeness (QED) is 0.512. The Morgan fingerprint density at radius 1 is 1.18 bits per heavy atom. The minimum atomic E-state index is 0.282. The van der Waals surface area contributed by atoms with Crippen molar-refractivity contribution < 1.29 is 9.47 Å². The van der Waals surface area contributed by atoms with Crippen LogP contribution in [-0.4, -0.2) is 74.8 Å². The van der Waals surface area contributed by atoms with Gasteiger partial charge in [0, 0.05) is 69.8 Å². The molecule has 3 N–H and O–H groups in total. The van der Waals surface area contributed by atoms with Gasteiger partial charge in [-0.2, -0.15) is 0 Å². The molecule has 3 aliphatic rings. The van der Waals surface area contributed by atoms with Crippen LogP contribution < -0.4 is 16.0 Å². The van der Waals surface area contributed by atoms with Crippen molar-refractivity contribution in [3.05, 3.63) is 24.0 Å². The van der Waals surface area contributed by atoms with Crippen LogP contribution >= 0.6 is 0 Å². The van der Waals surface area contributed by atoms with Crippen LogP contribution in [0.5, 0.6) is 0 Å². The Morgan fingerprint density at radius 2 is 1.94 bits per heavy atom. The van der Waals surface area contributed by atoms with Crippen molar-refractivity contribution in [3.8, 4) is 0 Å². The summed E-state index contributed by atoms with van der Waals surface area (Å²) in [7, 11) is 1.76. The summed E-state index contributed by atoms with van der Waals surface area (Å²) in [6.45, 7) is 8.70. The molecule has 2 fully saturated rings. The van der Waals surface area contributed by atoms with Crippen molar-refractivity contribution in [2.45, 2.75) is 76.9 Å². The molecule has 0 spiro atoms. The molecule has 1 aromatic rings. The van der Waals surface area contributed by atoms with Crippen LogP contribution in [-0.2, 0) is 9.47 Å². The van der Waals surface area contributed by atoms with E-state index in [1.54, 1.807) is 7.11 Å². The van der Waals surface area contributed by atoms with Crippen LogP contribution in [0.2, 0.25) is 0 Å². The van der Waals surface area contributed by atoms with E-state index in [-0.39, 0.29) is 5.41 Å². The highest BCUT2D eigenvalue weighted by Gasteiger charge is 2.27. The maximum atomic E-state index is 5.53. The molecule has 8 nitrogen and oxygen atoms in total. The molecule has 3 heterocycles. The Labute approximate surface area is 204 Å². The Morgan fingerprint density at radius 3 is 2.71 bits per heavy atom. The fourth-order valence-corrected chi connectivity index (χ4v) is 5.09. The topological polar surface area (TPSA) is 92.2 Å². The number of aromatic nitrogens is 1. The lowest BCUT2D eigenvalue weighted by atomic mass is 9.82. The van der Waals surface area contributed by atoms with Crippen molar-refractivity contribution in [3.63, 3.8) is 0 Å². The first-order valence-electron chi connectivity index (χ1n) is 12.9. The molecule has 0 radical (unpaired) electrons. The van der Waals surface area contributed by atoms with Gasteiger partial charge in [-0.1, -0.05) is 6.92 Å². The summed E-state index contributed by atoms with van der Waals surface area (Å²) in [5, 5.41) is 10.9. The third-order valence-corrected chi connectivity index (χ3v) is 7.32. The number of nitrogens with one attached hydrogen (secondary N) is 3. The highest BCUT2D eigenvalue weighted by molar-refractivity contribution is 6.07. The summed E-state index contributed by atoms with van der Waals surface area (Å²) in [6.07, 6.45) is 9.48. The third-order valence-electron chi connectivity index (χ3n) is 7.32. The van der Waals surface area contributed by atoms with Crippen LogP contribution in [0.4, 0.5) is 5.69 Å². The lowest BCUT2D eigenvalue weighted by Gasteiger charge is -2.34. The van der Waals surface area contributed by atoms with Crippen LogP contribution in [0.15, 0.2) is 28.3 Å². The maximum absolute atomic E-state index is 5.53. The smallest absolute Gasteiger partial charge is 0.218 e. The van der Waals surface area contributed by atoms with Crippen molar-refractivity contribution in [2.75, 3.05) is 45.3 Å². The minimum Gasteiger partial charge on any atom is -0.384 e. The van der Waals surface area contributed by atoms with E-state index in [1.807, 2.05) is 12.3 Å². The second-order valence-corrected chi connectivity index (χ2v) is 10.4. The highest BCUT2D eigenvalue weighted by Crippen LogP contribution is 2.30. The molecule has 1 aromatic heterocycles. The number of hydrogen-bond donors (Lipinski definition) is 3. The van der Waals surface area contributed by atoms with Gasteiger partial charge in [-0.3, -0.25) is 9.98 Å². The van der Waals surface area contributed by atoms with Gasteiger partial charge in [0.05, 0.1) is 18.0 Å². The van der Waals surface area contributed by atoms with E-state index < -0.39 is 0 Å². The van der Waals surface area contributed by atoms with Crippen molar-refractivity contribution in [2.24, 2.45) is 15.4 Å². The van der Waals surface area contributed by atoms with Crippen LogP contribution in [0.1, 0.15) is 64.5 Å². The Kier molecular flexibility index (Phi) is 8.92. The molecule has 0 unspecified atom stereocenters. The zero-order chi connectivity index (χ0) is 23.8. The van der Waals surface area contributed by atoms with Crippen LogP contribution in [0, 0.1) is 5.41 Å². The van der Waals surface area contributed by atoms with E-state index >= 15 is 0 Å². The monoisotopic (exact) mass is 470 g/mol. The molecule has 4 rings (SSSR count). The van der Waals surface area contributed by atoms with Gasteiger partial charge in [0.25, 0.3) is 0 Å². The van der Waals surface area contributed by atoms with E-state index in [1.165, 1.54) is 0 Å². The first-order valence-corrected chi connectivity index (χ1v) is 12.9. The number of nitrogens with zero attached hydrogens (tertiary/aromatic N) is 3. The van der Waals surface area contributed by atoms with E-state index in [9.17, 15) is 0 Å². The molecule has 0 amide bonds. The molecule has 1 atom stereocenters. The zero-order valence-electron chi connectivity index (χ0n) is 21.1. The number of hydrogen-bond acceptors (Lipinski definition) is 8. The number of methoxy groups -OCH3 is 1. The average Bonchev–Trinajstić information content (AvgIpc) is 2.85. The standard InChI is InChI=1S/C26H42N6O2/c1-19(17-33-3)30-20-4-6-21(7-5-20)31-25-28-13-9-23(32-25)24-16-22(8-12-27-24)29-18-26(2)10-14-34-15-11-26/h8,12,16,19-21,30H,4-7,9-11,13-15,17-18H2,1-3H3,(H,27,29)(H,28,31)/t19-,20?,21?/m0/s1. The molecule has 188 valence electrons. The van der Waals surface area contributed by atoms with Crippen LogP contribution in [0.3, 0.4) is 0 Å². The molecule has 34 heavy (non-hydrogen) atoms. The fourth-order valence-electron chi connectivity index (χ4n) is 5.09. The van der Waals surface area contributed by atoms with Gasteiger partial charge < -0.3 is 25.4 Å². The molecule has 0 aromatic carbocycles. The maximum Gasteiger partial charge on any atom is 0.218 e. The normalized spacial score (nSPS) is 25.7. The predicted octanol–water partition coefficient (Wildman–Crippen LogP) is 3.38. The van der Waals surface area contributed by atoms with Gasteiger partial charge in [0.15, 0.2) is 0 Å². The van der Waals surface area contributed by atoms with Gasteiger partial charge in [-0.25, -0.2) is 4.99 Å². The largest absolute Gasteiger partial charge is 0.384 e. The number of ether oxygens (including phenoxy) is 2. The number of pyridine rings is 1. The van der Waals surface area contributed by atoms with Gasteiger partial charge >= 0.3 is 0 Å². The molecular weight excluding hydrogens is 428 g/mol. The summed E-state index contributed by atoms with van der Waals surface area (Å²) in [5.41, 5.74) is 3.34. The summed E-state index contributed by atoms with van der Waals surface area (Å²) in [6, 6.07) is 5.56. The number of anilines is 1. The third kappa shape index (κ3) is 7.23. The van der Waals surface area contributed by atoms with Gasteiger partial charge in [-0.15, -0.1) is 0 Å². The fraction of sp³-hybridized carbons (Fsp3) is 0.731. The summed E-state index contributed by atoms with van der Waals surface area (Å²) in [4.78, 5) is 14.1. The predicted molar refractivity (Wildman–Crippen MR) is 138 cm³/mol. The second-order valence-electron chi connectivity index (χ2n) is 10.4. The molecule has 1 saturated heterocycles. The van der Waals surface area contributed by atoms with Crippen molar-refractivity contribution >= 4 is 17.4 Å². The zero-order valence-corrected chi connectivity index (χ0v) is 21.1. The first kappa shape index (κ1) is 25.1. The lowest BCUT2D eigenvalue weighted by Crippen LogP contribution is -2.45. The van der Waals surface area contributed by atoms with Crippen molar-refractivity contribution in [1.29, 1.82) is 0 Å². The van der Waals surface area contributed by atoms with E-state index in [2.05, 4.69) is 45.8 Å². The Hall–Kier alpha value is -2.03. The SMILES string of the molecule is COC[C@H](C)NC1CCC(NC2=NCCC(c3cc(NCC4(C)CCOCC4)ccn3)=N2)CC1. The Balaban J connectivity index is 1.29. The number of aliphatic imine (C=N–C) groups is 2. The summed E-state index contributed by atoms with van der Waals surface area (Å²) >= 11 is 0. The van der Waals surface area contributed by atoms with E-state index in [4.69, 9.17) is 14.5 Å². The number of rotatable bonds is 9. The second kappa shape index (κ2) is 12.1. The summed E-state index contributed by atoms with van der Waals surface area (Å²) < 4.78 is 10.8. The molecule has 1 aliphatic carbocycles. The van der Waals surface area contributed by atoms with Crippen LogP contribution in [0.25, 0.3) is 0 Å². The molecular formula is C26H42N6O2. The first-order chi connectivity index (χ1) is 16.5. The average molecular weight is 471 g/mol. The summed E-state index contributed by atoms with van der Waals surface area (Å²) in [5.74, 6) is 0.764. The molecule has 8 heteroatoms. The Bertz CT molecular complexity index is 843. The number of guanidine groups is 1. The van der Waals surface area contributed by atoms with E-state index in [0.29, 0.717) is 18.1 Å². The molecule has 0 bridgehead atoms. The molecule has 1 saturated carbocycles. The highest BCUT2D eigenvalue weighted by atomic mass is 16.5. The molecule has 2 aliphatic heterocycles. The van der Waals surface area contributed by atoms with Gasteiger partial charge in [-0.05, 0) is 63.0 Å². The van der Waals surface area contributed by atoms with Gasteiger partial charge in [0.2, 0.25) is 5.96 Å². The van der Waals surface area contributed by atoms with E-state index in [0.717, 1.165) is 101 Å². The minimum absolute atomic E-state index is 0.282. The lowest BCUT2D eigenvalue weighted by molar-refractivity contribution is 0.0300.